The highest BCUT2D eigenvalue weighted by Gasteiger charge is 2.19. The molecule has 1 aromatic carbocycles. The number of halogens is 1. The van der Waals surface area contributed by atoms with Crippen molar-refractivity contribution in [2.24, 2.45) is 0 Å². The summed E-state index contributed by atoms with van der Waals surface area (Å²) in [6.45, 7) is 3.99. The Bertz CT molecular complexity index is 310. The second-order valence-electron chi connectivity index (χ2n) is 3.26. The number of hydrogen-bond acceptors (Lipinski definition) is 2. The molecule has 13 heavy (non-hydrogen) atoms. The minimum Gasteiger partial charge on any atom is -0.487 e. The first-order valence-electron chi connectivity index (χ1n) is 4.40. The number of nitrogens with one attached hydrogen (secondary N) is 1. The molecule has 1 heterocycles. The zero-order chi connectivity index (χ0) is 9.26. The molecule has 1 aliphatic rings. The summed E-state index contributed by atoms with van der Waals surface area (Å²) in [5.41, 5.74) is 1.18. The van der Waals surface area contributed by atoms with Crippen LogP contribution in [-0.2, 0) is 0 Å². The summed E-state index contributed by atoms with van der Waals surface area (Å²) >= 11 is 3.48. The molecular weight excluding hydrogens is 230 g/mol. The fourth-order valence-corrected chi connectivity index (χ4v) is 1.59. The first-order valence-corrected chi connectivity index (χ1v) is 5.19. The first-order chi connectivity index (χ1) is 6.27. The Hall–Kier alpha value is -0.540. The Morgan fingerprint density at radius 1 is 1.46 bits per heavy atom. The quantitative estimate of drug-likeness (QED) is 0.857. The summed E-state index contributed by atoms with van der Waals surface area (Å²) in [5.74, 6) is 0.987. The molecule has 0 bridgehead atoms. The molecule has 1 aliphatic heterocycles. The minimum absolute atomic E-state index is 0.355. The molecule has 0 spiro atoms. The molecule has 0 aromatic heterocycles. The molecule has 1 fully saturated rings. The predicted molar refractivity (Wildman–Crippen MR) is 56.2 cm³/mol. The van der Waals surface area contributed by atoms with Gasteiger partial charge in [0.2, 0.25) is 0 Å². The molecular formula is C10H12BrNO. The molecule has 2 nitrogen and oxygen atoms in total. The first kappa shape index (κ1) is 9.03. The summed E-state index contributed by atoms with van der Waals surface area (Å²) in [4.78, 5) is 0. The van der Waals surface area contributed by atoms with Crippen LogP contribution in [-0.4, -0.2) is 19.2 Å². The van der Waals surface area contributed by atoms with E-state index in [-0.39, 0.29) is 0 Å². The van der Waals surface area contributed by atoms with Crippen molar-refractivity contribution in [3.05, 3.63) is 28.2 Å². The summed E-state index contributed by atoms with van der Waals surface area (Å²) in [6, 6.07) is 6.04. The third kappa shape index (κ3) is 1.86. The normalized spacial score (nSPS) is 16.8. The monoisotopic (exact) mass is 241 g/mol. The fraction of sp³-hybridized carbons (Fsp3) is 0.400. The van der Waals surface area contributed by atoms with E-state index in [1.807, 2.05) is 18.2 Å². The Labute approximate surface area is 86.4 Å². The number of benzene rings is 1. The van der Waals surface area contributed by atoms with E-state index in [0.717, 1.165) is 23.3 Å². The van der Waals surface area contributed by atoms with Gasteiger partial charge in [-0.1, -0.05) is 22.0 Å². The zero-order valence-corrected chi connectivity index (χ0v) is 9.10. The van der Waals surface area contributed by atoms with Gasteiger partial charge in [0.1, 0.15) is 11.9 Å². The molecule has 0 amide bonds. The maximum absolute atomic E-state index is 5.77. The van der Waals surface area contributed by atoms with Gasteiger partial charge in [0, 0.05) is 23.1 Å². The highest BCUT2D eigenvalue weighted by Crippen LogP contribution is 2.26. The largest absolute Gasteiger partial charge is 0.487 e. The zero-order valence-electron chi connectivity index (χ0n) is 7.51. The van der Waals surface area contributed by atoms with Gasteiger partial charge in [-0.15, -0.1) is 0 Å². The van der Waals surface area contributed by atoms with E-state index in [1.54, 1.807) is 0 Å². The van der Waals surface area contributed by atoms with Crippen molar-refractivity contribution in [2.75, 3.05) is 13.1 Å². The van der Waals surface area contributed by atoms with Crippen molar-refractivity contribution in [2.45, 2.75) is 13.0 Å². The summed E-state index contributed by atoms with van der Waals surface area (Å²) < 4.78 is 6.88. The average molecular weight is 242 g/mol. The molecule has 0 saturated carbocycles. The van der Waals surface area contributed by atoms with Crippen LogP contribution in [0.2, 0.25) is 0 Å². The van der Waals surface area contributed by atoms with Gasteiger partial charge in [-0.25, -0.2) is 0 Å². The smallest absolute Gasteiger partial charge is 0.123 e. The van der Waals surface area contributed by atoms with Crippen molar-refractivity contribution in [3.8, 4) is 5.75 Å². The number of hydrogen-bond donors (Lipinski definition) is 1. The molecule has 0 unspecified atom stereocenters. The van der Waals surface area contributed by atoms with Crippen LogP contribution in [0.5, 0.6) is 5.75 Å². The van der Waals surface area contributed by atoms with Gasteiger partial charge < -0.3 is 10.1 Å². The lowest BCUT2D eigenvalue weighted by atomic mass is 10.2. The third-order valence-electron chi connectivity index (χ3n) is 2.26. The van der Waals surface area contributed by atoms with Gasteiger partial charge in [-0.05, 0) is 19.1 Å². The molecule has 2 rings (SSSR count). The van der Waals surface area contributed by atoms with Gasteiger partial charge in [-0.3, -0.25) is 0 Å². The van der Waals surface area contributed by atoms with Crippen molar-refractivity contribution >= 4 is 15.9 Å². The van der Waals surface area contributed by atoms with Gasteiger partial charge >= 0.3 is 0 Å². The summed E-state index contributed by atoms with van der Waals surface area (Å²) in [5, 5.41) is 3.18. The van der Waals surface area contributed by atoms with E-state index in [0.29, 0.717) is 6.10 Å². The second-order valence-corrected chi connectivity index (χ2v) is 4.12. The maximum atomic E-state index is 5.77. The fourth-order valence-electron chi connectivity index (χ4n) is 1.24. The average Bonchev–Trinajstić information content (AvgIpc) is 2.04. The van der Waals surface area contributed by atoms with E-state index < -0.39 is 0 Å². The van der Waals surface area contributed by atoms with Gasteiger partial charge in [0.05, 0.1) is 0 Å². The Balaban J connectivity index is 2.14. The van der Waals surface area contributed by atoms with Crippen molar-refractivity contribution in [3.63, 3.8) is 0 Å². The van der Waals surface area contributed by atoms with E-state index in [2.05, 4.69) is 28.2 Å². The van der Waals surface area contributed by atoms with Crippen LogP contribution in [0.25, 0.3) is 0 Å². The van der Waals surface area contributed by atoms with Crippen LogP contribution >= 0.6 is 15.9 Å². The van der Waals surface area contributed by atoms with E-state index >= 15 is 0 Å². The van der Waals surface area contributed by atoms with Crippen LogP contribution in [0.1, 0.15) is 5.56 Å². The molecule has 0 aliphatic carbocycles. The van der Waals surface area contributed by atoms with Crippen molar-refractivity contribution in [1.29, 1.82) is 0 Å². The third-order valence-corrected chi connectivity index (χ3v) is 3.11. The number of rotatable bonds is 2. The van der Waals surface area contributed by atoms with E-state index in [1.165, 1.54) is 5.56 Å². The van der Waals surface area contributed by atoms with Gasteiger partial charge in [0.15, 0.2) is 0 Å². The predicted octanol–water partition coefficient (Wildman–Crippen LogP) is 2.11. The van der Waals surface area contributed by atoms with E-state index in [4.69, 9.17) is 4.74 Å². The van der Waals surface area contributed by atoms with Crippen molar-refractivity contribution < 1.29 is 4.74 Å². The van der Waals surface area contributed by atoms with Crippen LogP contribution in [0, 0.1) is 6.92 Å². The molecule has 1 aromatic rings. The molecule has 1 N–H and O–H groups in total. The molecule has 0 radical (unpaired) electrons. The van der Waals surface area contributed by atoms with Gasteiger partial charge in [0.25, 0.3) is 0 Å². The standard InChI is InChI=1S/C10H12BrNO/c1-7-9(11)3-2-4-10(7)13-8-5-12-6-8/h2-4,8,12H,5-6H2,1H3. The lowest BCUT2D eigenvalue weighted by Gasteiger charge is -2.28. The second kappa shape index (κ2) is 3.68. The summed E-state index contributed by atoms with van der Waals surface area (Å²) in [6.07, 6.45) is 0.355. The minimum atomic E-state index is 0.355. The Morgan fingerprint density at radius 3 is 2.85 bits per heavy atom. The van der Waals surface area contributed by atoms with Crippen molar-refractivity contribution in [1.82, 2.24) is 5.32 Å². The molecule has 1 saturated heterocycles. The van der Waals surface area contributed by atoms with Crippen LogP contribution in [0.15, 0.2) is 22.7 Å². The van der Waals surface area contributed by atoms with Crippen LogP contribution < -0.4 is 10.1 Å². The van der Waals surface area contributed by atoms with Gasteiger partial charge in [-0.2, -0.15) is 0 Å². The molecule has 70 valence electrons. The number of ether oxygens (including phenoxy) is 1. The highest BCUT2D eigenvalue weighted by molar-refractivity contribution is 9.10. The summed E-state index contributed by atoms with van der Waals surface area (Å²) in [7, 11) is 0. The molecule has 3 heteroatoms. The lowest BCUT2D eigenvalue weighted by Crippen LogP contribution is -2.50. The topological polar surface area (TPSA) is 21.3 Å². The highest BCUT2D eigenvalue weighted by atomic mass is 79.9. The Morgan fingerprint density at radius 2 is 2.23 bits per heavy atom. The maximum Gasteiger partial charge on any atom is 0.123 e. The van der Waals surface area contributed by atoms with E-state index in [9.17, 15) is 0 Å². The molecule has 0 atom stereocenters. The Kier molecular flexibility index (Phi) is 2.56. The SMILES string of the molecule is Cc1c(Br)cccc1OC1CNC1. The lowest BCUT2D eigenvalue weighted by molar-refractivity contribution is 0.141. The van der Waals surface area contributed by atoms with Crippen LogP contribution in [0.3, 0.4) is 0 Å². The van der Waals surface area contributed by atoms with Crippen LogP contribution in [0.4, 0.5) is 0 Å².